The molecule has 10 heteroatoms. The smallest absolute Gasteiger partial charge is 0.410 e. The Morgan fingerprint density at radius 3 is 2.54 bits per heavy atom. The highest BCUT2D eigenvalue weighted by Gasteiger charge is 2.47. The molecule has 0 unspecified atom stereocenters. The van der Waals surface area contributed by atoms with E-state index in [1.165, 1.54) is 7.11 Å². The van der Waals surface area contributed by atoms with Crippen molar-refractivity contribution >= 4 is 23.3 Å². The molecule has 0 spiro atoms. The number of rotatable bonds is 4. The van der Waals surface area contributed by atoms with Gasteiger partial charge in [-0.15, -0.1) is 0 Å². The third-order valence-electron chi connectivity index (χ3n) is 4.45. The Balaban J connectivity index is 2.01. The molecule has 1 amide bonds. The van der Waals surface area contributed by atoms with E-state index in [1.807, 2.05) is 0 Å². The zero-order valence-corrected chi connectivity index (χ0v) is 16.2. The van der Waals surface area contributed by atoms with Gasteiger partial charge >= 0.3 is 6.18 Å². The van der Waals surface area contributed by atoms with E-state index in [2.05, 4.69) is 15.7 Å². The number of fused-ring (bicyclic) bond motifs is 1. The summed E-state index contributed by atoms with van der Waals surface area (Å²) in [6.45, 7) is 3.47. The number of carbonyl (C=O) groups excluding carboxylic acids is 1. The van der Waals surface area contributed by atoms with Crippen molar-refractivity contribution in [2.45, 2.75) is 44.6 Å². The van der Waals surface area contributed by atoms with Crippen LogP contribution in [0.3, 0.4) is 0 Å². The quantitative estimate of drug-likeness (QED) is 0.777. The van der Waals surface area contributed by atoms with Gasteiger partial charge in [-0.1, -0.05) is 23.7 Å². The predicted octanol–water partition coefficient (Wildman–Crippen LogP) is 4.34. The number of hydrogen-bond donors (Lipinski definition) is 2. The van der Waals surface area contributed by atoms with E-state index < -0.39 is 24.2 Å². The largest absolute Gasteiger partial charge is 0.497 e. The molecule has 28 heavy (non-hydrogen) atoms. The van der Waals surface area contributed by atoms with Crippen LogP contribution in [0, 0.1) is 0 Å². The lowest BCUT2D eigenvalue weighted by Gasteiger charge is -2.33. The molecule has 3 rings (SSSR count). The maximum Gasteiger partial charge on any atom is 0.410 e. The van der Waals surface area contributed by atoms with Crippen LogP contribution >= 0.6 is 11.6 Å². The minimum Gasteiger partial charge on any atom is -0.497 e. The van der Waals surface area contributed by atoms with Gasteiger partial charge in [-0.3, -0.25) is 4.79 Å². The van der Waals surface area contributed by atoms with Crippen molar-refractivity contribution in [1.29, 1.82) is 0 Å². The first-order valence-electron chi connectivity index (χ1n) is 8.68. The van der Waals surface area contributed by atoms with Crippen LogP contribution in [-0.2, 0) is 0 Å². The van der Waals surface area contributed by atoms with Crippen molar-refractivity contribution in [3.05, 3.63) is 40.5 Å². The Morgan fingerprint density at radius 1 is 1.36 bits per heavy atom. The first-order valence-corrected chi connectivity index (χ1v) is 9.05. The van der Waals surface area contributed by atoms with Crippen LogP contribution in [0.25, 0.3) is 0 Å². The molecule has 1 aromatic carbocycles. The summed E-state index contributed by atoms with van der Waals surface area (Å²) in [5, 5.41) is 9.34. The lowest BCUT2D eigenvalue weighted by Crippen LogP contribution is -2.36. The number of nitrogens with zero attached hydrogens (tertiary/aromatic N) is 2. The number of aromatic nitrogens is 2. The molecule has 0 saturated heterocycles. The van der Waals surface area contributed by atoms with Crippen molar-refractivity contribution in [1.82, 2.24) is 15.1 Å². The molecule has 0 aliphatic carbocycles. The molecule has 2 atom stereocenters. The Morgan fingerprint density at radius 2 is 2.00 bits per heavy atom. The Kier molecular flexibility index (Phi) is 5.47. The van der Waals surface area contributed by atoms with E-state index in [0.717, 1.165) is 4.68 Å². The van der Waals surface area contributed by atoms with E-state index in [9.17, 15) is 18.0 Å². The summed E-state index contributed by atoms with van der Waals surface area (Å²) in [4.78, 5) is 12.3. The summed E-state index contributed by atoms with van der Waals surface area (Å²) < 4.78 is 47.0. The van der Waals surface area contributed by atoms with E-state index in [1.54, 1.807) is 38.1 Å². The van der Waals surface area contributed by atoms with E-state index >= 15 is 0 Å². The molecule has 152 valence electrons. The number of amides is 1. The number of halogens is 4. The molecular formula is C18H20ClF3N4O2. The number of methoxy groups -OCH3 is 1. The fourth-order valence-corrected chi connectivity index (χ4v) is 3.38. The third-order valence-corrected chi connectivity index (χ3v) is 4.81. The molecule has 2 heterocycles. The number of alkyl halides is 3. The SMILES string of the molecule is COc1ccc([C@H]2C[C@H](C(F)(F)F)n3nc(C(=O)NC(C)C)c(Cl)c3N2)cc1. The molecule has 1 aliphatic rings. The molecule has 2 N–H and O–H groups in total. The molecule has 1 aromatic heterocycles. The van der Waals surface area contributed by atoms with Crippen LogP contribution in [0.15, 0.2) is 24.3 Å². The Bertz CT molecular complexity index is 865. The van der Waals surface area contributed by atoms with E-state index in [0.29, 0.717) is 11.3 Å². The average molecular weight is 417 g/mol. The summed E-state index contributed by atoms with van der Waals surface area (Å²) >= 11 is 6.24. The lowest BCUT2D eigenvalue weighted by molar-refractivity contribution is -0.173. The van der Waals surface area contributed by atoms with Gasteiger partial charge in [0.2, 0.25) is 0 Å². The van der Waals surface area contributed by atoms with Crippen molar-refractivity contribution in [2.24, 2.45) is 0 Å². The standard InChI is InChI=1S/C18H20ClF3N4O2/c1-9(2)23-17(27)15-14(19)16-24-12(10-4-6-11(28-3)7-5-10)8-13(18(20,21)22)26(16)25-15/h4-7,9,12-13,24H,8H2,1-3H3,(H,23,27)/t12-,13-/m1/s1. The normalized spacial score (nSPS) is 19.1. The average Bonchev–Trinajstić information content (AvgIpc) is 2.96. The predicted molar refractivity (Wildman–Crippen MR) is 98.9 cm³/mol. The number of ether oxygens (including phenoxy) is 1. The Labute approximate surface area is 165 Å². The van der Waals surface area contributed by atoms with Crippen LogP contribution in [0.4, 0.5) is 19.0 Å². The molecular weight excluding hydrogens is 397 g/mol. The van der Waals surface area contributed by atoms with E-state index in [-0.39, 0.29) is 29.0 Å². The molecule has 2 aromatic rings. The number of hydrogen-bond acceptors (Lipinski definition) is 4. The zero-order valence-electron chi connectivity index (χ0n) is 15.5. The summed E-state index contributed by atoms with van der Waals surface area (Å²) in [5.41, 5.74) is 0.411. The highest BCUT2D eigenvalue weighted by atomic mass is 35.5. The molecule has 0 radical (unpaired) electrons. The highest BCUT2D eigenvalue weighted by Crippen LogP contribution is 2.46. The van der Waals surface area contributed by atoms with E-state index in [4.69, 9.17) is 16.3 Å². The van der Waals surface area contributed by atoms with Crippen LogP contribution in [0.1, 0.15) is 48.4 Å². The minimum atomic E-state index is -4.55. The van der Waals surface area contributed by atoms with Gasteiger partial charge in [0.25, 0.3) is 5.91 Å². The van der Waals surface area contributed by atoms with Gasteiger partial charge in [0.05, 0.1) is 13.2 Å². The molecule has 1 aliphatic heterocycles. The van der Waals surface area contributed by atoms with Crippen molar-refractivity contribution in [2.75, 3.05) is 12.4 Å². The lowest BCUT2D eigenvalue weighted by atomic mass is 9.97. The first-order chi connectivity index (χ1) is 13.1. The maximum atomic E-state index is 13.7. The molecule has 0 saturated carbocycles. The number of anilines is 1. The van der Waals surface area contributed by atoms with Gasteiger partial charge in [-0.05, 0) is 31.5 Å². The summed E-state index contributed by atoms with van der Waals surface area (Å²) in [7, 11) is 1.51. The molecule has 0 fully saturated rings. The summed E-state index contributed by atoms with van der Waals surface area (Å²) in [6.07, 6.45) is -4.84. The number of carbonyl (C=O) groups is 1. The van der Waals surface area contributed by atoms with Crippen LogP contribution in [0.2, 0.25) is 5.02 Å². The van der Waals surface area contributed by atoms with Crippen molar-refractivity contribution in [3.63, 3.8) is 0 Å². The van der Waals surface area contributed by atoms with Gasteiger partial charge in [-0.25, -0.2) is 4.68 Å². The van der Waals surface area contributed by atoms with Crippen molar-refractivity contribution in [3.8, 4) is 5.75 Å². The van der Waals surface area contributed by atoms with Crippen LogP contribution in [0.5, 0.6) is 5.75 Å². The zero-order chi connectivity index (χ0) is 20.6. The monoisotopic (exact) mass is 416 g/mol. The van der Waals surface area contributed by atoms with Crippen LogP contribution in [-0.4, -0.2) is 35.0 Å². The van der Waals surface area contributed by atoms with Gasteiger partial charge in [-0.2, -0.15) is 18.3 Å². The van der Waals surface area contributed by atoms with Crippen LogP contribution < -0.4 is 15.4 Å². The van der Waals surface area contributed by atoms with Crippen molar-refractivity contribution < 1.29 is 22.7 Å². The maximum absolute atomic E-state index is 13.7. The molecule has 6 nitrogen and oxygen atoms in total. The third kappa shape index (κ3) is 3.89. The second-order valence-corrected chi connectivity index (χ2v) is 7.23. The van der Waals surface area contributed by atoms with Gasteiger partial charge in [0.15, 0.2) is 11.7 Å². The summed E-state index contributed by atoms with van der Waals surface area (Å²) in [6, 6.07) is 3.96. The fraction of sp³-hybridized carbons (Fsp3) is 0.444. The first kappa shape index (κ1) is 20.3. The minimum absolute atomic E-state index is 0.0232. The summed E-state index contributed by atoms with van der Waals surface area (Å²) in [5.74, 6) is -0.0433. The topological polar surface area (TPSA) is 68.2 Å². The number of nitrogens with one attached hydrogen (secondary N) is 2. The highest BCUT2D eigenvalue weighted by molar-refractivity contribution is 6.36. The number of benzene rings is 1. The Hall–Kier alpha value is -2.42. The second-order valence-electron chi connectivity index (χ2n) is 6.85. The van der Waals surface area contributed by atoms with Gasteiger partial charge in [0, 0.05) is 12.5 Å². The molecule has 0 bridgehead atoms. The second kappa shape index (κ2) is 7.54. The van der Waals surface area contributed by atoms with Gasteiger partial charge in [0.1, 0.15) is 16.6 Å². The van der Waals surface area contributed by atoms with Gasteiger partial charge < -0.3 is 15.4 Å². The fourth-order valence-electron chi connectivity index (χ4n) is 3.12.